The van der Waals surface area contributed by atoms with Crippen molar-refractivity contribution >= 4 is 35.1 Å². The number of amides is 3. The molecule has 39 heavy (non-hydrogen) atoms. The fourth-order valence-corrected chi connectivity index (χ4v) is 4.75. The van der Waals surface area contributed by atoms with Gasteiger partial charge in [-0.15, -0.1) is 0 Å². The van der Waals surface area contributed by atoms with Crippen LogP contribution < -0.4 is 15.1 Å². The number of benzene rings is 1. The molecule has 0 unspecified atom stereocenters. The Morgan fingerprint density at radius 2 is 1.72 bits per heavy atom. The zero-order chi connectivity index (χ0) is 27.6. The molecular weight excluding hydrogens is 496 g/mol. The van der Waals surface area contributed by atoms with E-state index in [1.165, 1.54) is 0 Å². The summed E-state index contributed by atoms with van der Waals surface area (Å²) in [5.74, 6) is -0.0860. The fraction of sp³-hybridized carbons (Fsp3) is 0.345. The normalized spacial score (nSPS) is 15.6. The maximum absolute atomic E-state index is 13.2. The minimum Gasteiger partial charge on any atom is -0.444 e. The van der Waals surface area contributed by atoms with E-state index < -0.39 is 11.5 Å². The summed E-state index contributed by atoms with van der Waals surface area (Å²) in [7, 11) is 0. The Kier molecular flexibility index (Phi) is 7.19. The van der Waals surface area contributed by atoms with Crippen LogP contribution in [0.25, 0.3) is 0 Å². The number of carbonyl (C=O) groups is 3. The molecule has 202 valence electrons. The Labute approximate surface area is 227 Å². The number of nitrogens with zero attached hydrogens (tertiary/aromatic N) is 5. The maximum Gasteiger partial charge on any atom is 0.410 e. The highest BCUT2D eigenvalue weighted by Gasteiger charge is 2.28. The van der Waals surface area contributed by atoms with Gasteiger partial charge >= 0.3 is 6.09 Å². The van der Waals surface area contributed by atoms with Crippen molar-refractivity contribution in [1.29, 1.82) is 0 Å². The third kappa shape index (κ3) is 5.84. The average molecular weight is 529 g/mol. The van der Waals surface area contributed by atoms with Gasteiger partial charge in [-0.3, -0.25) is 19.5 Å². The first-order valence-corrected chi connectivity index (χ1v) is 13.0. The second-order valence-corrected chi connectivity index (χ2v) is 10.5. The molecule has 10 heteroatoms. The van der Waals surface area contributed by atoms with Gasteiger partial charge in [0.25, 0.3) is 11.8 Å². The topological polar surface area (TPSA) is 108 Å². The Morgan fingerprint density at radius 1 is 0.949 bits per heavy atom. The van der Waals surface area contributed by atoms with Crippen LogP contribution >= 0.6 is 0 Å². The maximum atomic E-state index is 13.2. The van der Waals surface area contributed by atoms with E-state index in [0.717, 1.165) is 17.7 Å². The van der Waals surface area contributed by atoms with E-state index >= 15 is 0 Å². The van der Waals surface area contributed by atoms with E-state index in [1.807, 2.05) is 51.1 Å². The first kappa shape index (κ1) is 26.1. The largest absolute Gasteiger partial charge is 0.444 e. The minimum atomic E-state index is -0.548. The third-order valence-corrected chi connectivity index (χ3v) is 6.66. The second-order valence-electron chi connectivity index (χ2n) is 10.5. The molecule has 0 radical (unpaired) electrons. The summed E-state index contributed by atoms with van der Waals surface area (Å²) in [6.45, 7) is 8.21. The lowest BCUT2D eigenvalue weighted by Crippen LogP contribution is -2.50. The Hall–Kier alpha value is -4.47. The number of nitrogens with one attached hydrogen (secondary N) is 1. The van der Waals surface area contributed by atoms with Gasteiger partial charge in [0.05, 0.1) is 17.6 Å². The summed E-state index contributed by atoms with van der Waals surface area (Å²) in [6.07, 6.45) is 3.67. The van der Waals surface area contributed by atoms with Gasteiger partial charge in [0, 0.05) is 44.5 Å². The van der Waals surface area contributed by atoms with E-state index in [2.05, 4.69) is 20.2 Å². The van der Waals surface area contributed by atoms with Gasteiger partial charge in [-0.05, 0) is 57.0 Å². The van der Waals surface area contributed by atoms with Crippen LogP contribution in [-0.4, -0.2) is 71.1 Å². The van der Waals surface area contributed by atoms with E-state index in [-0.39, 0.29) is 17.7 Å². The lowest BCUT2D eigenvalue weighted by atomic mass is 9.99. The molecule has 0 atom stereocenters. The summed E-state index contributed by atoms with van der Waals surface area (Å²) >= 11 is 0. The molecule has 3 amide bonds. The summed E-state index contributed by atoms with van der Waals surface area (Å²) in [5, 5.41) is 2.93. The number of fused-ring (bicyclic) bond motifs is 1. The Morgan fingerprint density at radius 3 is 2.49 bits per heavy atom. The molecule has 2 aliphatic heterocycles. The number of hydrogen-bond acceptors (Lipinski definition) is 7. The lowest BCUT2D eigenvalue weighted by molar-refractivity contribution is 0.0240. The van der Waals surface area contributed by atoms with Crippen molar-refractivity contribution in [3.8, 4) is 0 Å². The first-order chi connectivity index (χ1) is 18.7. The Balaban J connectivity index is 1.27. The zero-order valence-electron chi connectivity index (χ0n) is 22.4. The van der Waals surface area contributed by atoms with Gasteiger partial charge in [-0.2, -0.15) is 0 Å². The molecule has 2 aromatic heterocycles. The van der Waals surface area contributed by atoms with Crippen LogP contribution in [0.3, 0.4) is 0 Å². The Bertz CT molecular complexity index is 1390. The molecular formula is C29H32N6O4. The van der Waals surface area contributed by atoms with Crippen molar-refractivity contribution in [1.82, 2.24) is 14.9 Å². The van der Waals surface area contributed by atoms with Gasteiger partial charge < -0.3 is 19.9 Å². The number of aromatic nitrogens is 2. The van der Waals surface area contributed by atoms with Gasteiger partial charge in [0.15, 0.2) is 0 Å². The monoisotopic (exact) mass is 528 g/mol. The molecule has 4 heterocycles. The van der Waals surface area contributed by atoms with Crippen LogP contribution in [0.4, 0.5) is 22.0 Å². The zero-order valence-corrected chi connectivity index (χ0v) is 22.4. The summed E-state index contributed by atoms with van der Waals surface area (Å²) in [4.78, 5) is 52.9. The van der Waals surface area contributed by atoms with Crippen molar-refractivity contribution in [2.75, 3.05) is 47.8 Å². The third-order valence-electron chi connectivity index (χ3n) is 6.66. The average Bonchev–Trinajstić information content (AvgIpc) is 2.93. The number of pyridine rings is 2. The van der Waals surface area contributed by atoms with E-state index in [1.54, 1.807) is 40.4 Å². The van der Waals surface area contributed by atoms with E-state index in [9.17, 15) is 14.4 Å². The SMILES string of the molecule is CC(C)(C)OC(=O)N1CCN(c2ccncc2NC(=O)c2cccc(N3CCc4ccccc4C3=O)n2)CC1. The van der Waals surface area contributed by atoms with Crippen LogP contribution in [0.15, 0.2) is 60.9 Å². The number of carbonyl (C=O) groups excluding carboxylic acids is 3. The predicted octanol–water partition coefficient (Wildman–Crippen LogP) is 3.99. The lowest BCUT2D eigenvalue weighted by Gasteiger charge is -2.37. The minimum absolute atomic E-state index is 0.123. The van der Waals surface area contributed by atoms with Crippen molar-refractivity contribution in [3.05, 3.63) is 77.7 Å². The number of ether oxygens (including phenoxy) is 1. The molecule has 0 bridgehead atoms. The van der Waals surface area contributed by atoms with Crippen LogP contribution in [0, 0.1) is 0 Å². The highest BCUT2D eigenvalue weighted by atomic mass is 16.6. The van der Waals surface area contributed by atoms with Crippen molar-refractivity contribution in [3.63, 3.8) is 0 Å². The van der Waals surface area contributed by atoms with E-state index in [0.29, 0.717) is 49.8 Å². The quantitative estimate of drug-likeness (QED) is 0.546. The highest BCUT2D eigenvalue weighted by Crippen LogP contribution is 2.27. The summed E-state index contributed by atoms with van der Waals surface area (Å²) in [5.41, 5.74) is 2.68. The number of rotatable bonds is 4. The molecule has 10 nitrogen and oxygen atoms in total. The van der Waals surface area contributed by atoms with Crippen LogP contribution in [0.1, 0.15) is 47.2 Å². The molecule has 3 aromatic rings. The van der Waals surface area contributed by atoms with E-state index in [4.69, 9.17) is 4.74 Å². The number of hydrogen-bond donors (Lipinski definition) is 1. The van der Waals surface area contributed by atoms with Crippen LogP contribution in [0.2, 0.25) is 0 Å². The molecule has 0 saturated carbocycles. The van der Waals surface area contributed by atoms with Crippen molar-refractivity contribution in [2.24, 2.45) is 0 Å². The molecule has 2 aliphatic rings. The van der Waals surface area contributed by atoms with Gasteiger partial charge in [-0.1, -0.05) is 24.3 Å². The molecule has 1 saturated heterocycles. The van der Waals surface area contributed by atoms with Crippen LogP contribution in [0.5, 0.6) is 0 Å². The number of piperazine rings is 1. The molecule has 1 N–H and O–H groups in total. The smallest absolute Gasteiger partial charge is 0.410 e. The summed E-state index contributed by atoms with van der Waals surface area (Å²) < 4.78 is 5.49. The highest BCUT2D eigenvalue weighted by molar-refractivity contribution is 6.08. The second kappa shape index (κ2) is 10.7. The number of anilines is 3. The molecule has 1 fully saturated rings. The van der Waals surface area contributed by atoms with Crippen molar-refractivity contribution in [2.45, 2.75) is 32.8 Å². The van der Waals surface area contributed by atoms with Crippen LogP contribution in [-0.2, 0) is 11.2 Å². The van der Waals surface area contributed by atoms with Gasteiger partial charge in [-0.25, -0.2) is 9.78 Å². The molecule has 1 aromatic carbocycles. The van der Waals surface area contributed by atoms with Gasteiger partial charge in [0.2, 0.25) is 0 Å². The first-order valence-electron chi connectivity index (χ1n) is 13.0. The van der Waals surface area contributed by atoms with Crippen molar-refractivity contribution < 1.29 is 19.1 Å². The molecule has 5 rings (SSSR count). The van der Waals surface area contributed by atoms with Gasteiger partial charge in [0.1, 0.15) is 17.1 Å². The summed E-state index contributed by atoms with van der Waals surface area (Å²) in [6, 6.07) is 14.5. The molecule has 0 spiro atoms. The standard InChI is InChI=1S/C29H32N6O4/c1-29(2,3)39-28(38)34-17-15-33(16-18-34)24-11-13-30-19-23(24)32-26(36)22-9-6-10-25(31-22)35-14-12-20-7-4-5-8-21(20)27(35)37/h4-11,13,19H,12,14-18H2,1-3H3,(H,32,36). The fourth-order valence-electron chi connectivity index (χ4n) is 4.75. The molecule has 0 aliphatic carbocycles. The predicted molar refractivity (Wildman–Crippen MR) is 148 cm³/mol.